The van der Waals surface area contributed by atoms with Gasteiger partial charge >= 0.3 is 0 Å². The summed E-state index contributed by atoms with van der Waals surface area (Å²) in [5, 5.41) is 1.10. The van der Waals surface area contributed by atoms with E-state index in [1.807, 2.05) is 85.1 Å². The minimum absolute atomic E-state index is 0.789. The largest absolute Gasteiger partial charge is 0.292 e. The molecule has 0 aliphatic heterocycles. The van der Waals surface area contributed by atoms with Gasteiger partial charge in [-0.15, -0.1) is 0 Å². The summed E-state index contributed by atoms with van der Waals surface area (Å²) in [7, 11) is 0. The maximum absolute atomic E-state index is 5.07. The molecule has 43 heavy (non-hydrogen) atoms. The molecule has 0 amide bonds. The quantitative estimate of drug-likeness (QED) is 0.214. The summed E-state index contributed by atoms with van der Waals surface area (Å²) in [6, 6.07) is 49.4. The second-order valence-corrected chi connectivity index (χ2v) is 10.4. The molecule has 3 aromatic carbocycles. The third kappa shape index (κ3) is 4.53. The predicted molar refractivity (Wildman–Crippen MR) is 174 cm³/mol. The fraction of sp³-hybridized carbons (Fsp3) is 0. The Labute approximate surface area is 248 Å². The van der Waals surface area contributed by atoms with E-state index in [1.54, 1.807) is 0 Å². The van der Waals surface area contributed by atoms with Gasteiger partial charge < -0.3 is 0 Å². The Bertz CT molecular complexity index is 2180. The number of para-hydroxylation sites is 1. The van der Waals surface area contributed by atoms with Crippen LogP contribution in [0.25, 0.3) is 72.9 Å². The summed E-state index contributed by atoms with van der Waals surface area (Å²) in [5.74, 6) is 0.822. The van der Waals surface area contributed by atoms with E-state index < -0.39 is 0 Å². The summed E-state index contributed by atoms with van der Waals surface area (Å²) < 4.78 is 2.17. The standard InChI is InChI=1S/C38H25N5/c1-2-10-26(11-3-1)27-21-23-28(24-22-27)30-13-6-14-31(40-30)32-15-7-16-33(41-32)34-17-8-20-37(42-34)43-35-18-5-4-12-29(35)38-36(43)19-9-25-39-38/h1-25H. The molecular weight excluding hydrogens is 526 g/mol. The molecule has 0 fully saturated rings. The molecule has 8 aromatic rings. The lowest BCUT2D eigenvalue weighted by Gasteiger charge is -2.10. The number of hydrogen-bond acceptors (Lipinski definition) is 4. The van der Waals surface area contributed by atoms with Crippen LogP contribution in [0.5, 0.6) is 0 Å². The van der Waals surface area contributed by atoms with Gasteiger partial charge in [0.05, 0.1) is 45.0 Å². The third-order valence-corrected chi connectivity index (χ3v) is 7.70. The van der Waals surface area contributed by atoms with Crippen LogP contribution in [0.4, 0.5) is 0 Å². The van der Waals surface area contributed by atoms with E-state index in [0.29, 0.717) is 0 Å². The lowest BCUT2D eigenvalue weighted by Crippen LogP contribution is -1.99. The third-order valence-electron chi connectivity index (χ3n) is 7.70. The van der Waals surface area contributed by atoms with Crippen LogP contribution in [0.15, 0.2) is 152 Å². The average Bonchev–Trinajstić information content (AvgIpc) is 3.43. The second-order valence-electron chi connectivity index (χ2n) is 10.4. The Kier molecular flexibility index (Phi) is 6.05. The lowest BCUT2D eigenvalue weighted by atomic mass is 10.0. The van der Waals surface area contributed by atoms with Crippen LogP contribution in [-0.4, -0.2) is 24.5 Å². The Hall–Kier alpha value is -5.94. The van der Waals surface area contributed by atoms with Crippen LogP contribution < -0.4 is 0 Å². The van der Waals surface area contributed by atoms with Crippen LogP contribution in [-0.2, 0) is 0 Å². The number of hydrogen-bond donors (Lipinski definition) is 0. The van der Waals surface area contributed by atoms with Crippen LogP contribution in [0.1, 0.15) is 0 Å². The van der Waals surface area contributed by atoms with Crippen LogP contribution in [0, 0.1) is 0 Å². The Morgan fingerprint density at radius 1 is 0.372 bits per heavy atom. The first-order valence-corrected chi connectivity index (χ1v) is 14.2. The van der Waals surface area contributed by atoms with Crippen molar-refractivity contribution in [2.45, 2.75) is 0 Å². The molecule has 5 aromatic heterocycles. The summed E-state index contributed by atoms with van der Waals surface area (Å²) in [6.45, 7) is 0. The molecule has 0 aliphatic carbocycles. The smallest absolute Gasteiger partial charge is 0.138 e. The van der Waals surface area contributed by atoms with Crippen LogP contribution in [0.3, 0.4) is 0 Å². The van der Waals surface area contributed by atoms with Gasteiger partial charge in [-0.2, -0.15) is 0 Å². The van der Waals surface area contributed by atoms with Crippen molar-refractivity contribution in [1.82, 2.24) is 24.5 Å². The van der Waals surface area contributed by atoms with E-state index in [0.717, 1.165) is 61.8 Å². The lowest BCUT2D eigenvalue weighted by molar-refractivity contribution is 1.07. The van der Waals surface area contributed by atoms with Gasteiger partial charge in [-0.3, -0.25) is 9.55 Å². The molecule has 0 aliphatic rings. The van der Waals surface area contributed by atoms with E-state index >= 15 is 0 Å². The molecule has 0 bridgehead atoms. The first-order chi connectivity index (χ1) is 21.3. The molecule has 5 nitrogen and oxygen atoms in total. The van der Waals surface area contributed by atoms with Crippen molar-refractivity contribution in [2.75, 3.05) is 0 Å². The predicted octanol–water partition coefficient (Wildman–Crippen LogP) is 9.03. The molecule has 0 saturated heterocycles. The Balaban J connectivity index is 1.14. The van der Waals surface area contributed by atoms with Gasteiger partial charge in [0.1, 0.15) is 5.82 Å². The Morgan fingerprint density at radius 3 is 1.70 bits per heavy atom. The van der Waals surface area contributed by atoms with Gasteiger partial charge in [0.15, 0.2) is 0 Å². The zero-order valence-electron chi connectivity index (χ0n) is 23.2. The molecular formula is C38H25N5. The highest BCUT2D eigenvalue weighted by Crippen LogP contribution is 2.31. The molecule has 0 N–H and O–H groups in total. The van der Waals surface area contributed by atoms with Crippen molar-refractivity contribution in [2.24, 2.45) is 0 Å². The van der Waals surface area contributed by atoms with Gasteiger partial charge in [-0.05, 0) is 65.7 Å². The number of aromatic nitrogens is 5. The topological polar surface area (TPSA) is 56.5 Å². The van der Waals surface area contributed by atoms with Gasteiger partial charge in [-0.1, -0.05) is 91.0 Å². The first-order valence-electron chi connectivity index (χ1n) is 14.2. The number of rotatable bonds is 5. The number of benzene rings is 3. The van der Waals surface area contributed by atoms with Crippen molar-refractivity contribution in [3.05, 3.63) is 152 Å². The molecule has 5 heterocycles. The fourth-order valence-corrected chi connectivity index (χ4v) is 5.64. The van der Waals surface area contributed by atoms with Crippen molar-refractivity contribution >= 4 is 21.9 Å². The van der Waals surface area contributed by atoms with Gasteiger partial charge in [0, 0.05) is 17.1 Å². The van der Waals surface area contributed by atoms with Crippen molar-refractivity contribution in [3.63, 3.8) is 0 Å². The molecule has 202 valence electrons. The minimum atomic E-state index is 0.789. The zero-order chi connectivity index (χ0) is 28.6. The van der Waals surface area contributed by atoms with Gasteiger partial charge in [0.2, 0.25) is 0 Å². The molecule has 0 unspecified atom stereocenters. The van der Waals surface area contributed by atoms with Gasteiger partial charge in [-0.25, -0.2) is 15.0 Å². The maximum Gasteiger partial charge on any atom is 0.138 e. The maximum atomic E-state index is 5.07. The van der Waals surface area contributed by atoms with Gasteiger partial charge in [0.25, 0.3) is 0 Å². The van der Waals surface area contributed by atoms with E-state index in [1.165, 1.54) is 11.1 Å². The van der Waals surface area contributed by atoms with E-state index in [4.69, 9.17) is 15.0 Å². The summed E-state index contributed by atoms with van der Waals surface area (Å²) in [4.78, 5) is 19.7. The van der Waals surface area contributed by atoms with Crippen molar-refractivity contribution < 1.29 is 0 Å². The second kappa shape index (κ2) is 10.5. The van der Waals surface area contributed by atoms with Crippen molar-refractivity contribution in [1.29, 1.82) is 0 Å². The van der Waals surface area contributed by atoms with E-state index in [2.05, 4.69) is 76.3 Å². The van der Waals surface area contributed by atoms with E-state index in [9.17, 15) is 0 Å². The number of nitrogens with zero attached hydrogens (tertiary/aromatic N) is 5. The molecule has 8 rings (SSSR count). The fourth-order valence-electron chi connectivity index (χ4n) is 5.64. The Morgan fingerprint density at radius 2 is 0.930 bits per heavy atom. The average molecular weight is 552 g/mol. The molecule has 0 radical (unpaired) electrons. The first kappa shape index (κ1) is 24.8. The molecule has 0 atom stereocenters. The zero-order valence-corrected chi connectivity index (χ0v) is 23.2. The molecule has 0 spiro atoms. The van der Waals surface area contributed by atoms with Crippen molar-refractivity contribution in [3.8, 4) is 51.0 Å². The monoisotopic (exact) mass is 551 g/mol. The van der Waals surface area contributed by atoms with Crippen LogP contribution >= 0.6 is 0 Å². The summed E-state index contributed by atoms with van der Waals surface area (Å²) >= 11 is 0. The number of pyridine rings is 4. The molecule has 5 heteroatoms. The summed E-state index contributed by atoms with van der Waals surface area (Å²) in [6.07, 6.45) is 1.83. The normalized spacial score (nSPS) is 11.3. The number of fused-ring (bicyclic) bond motifs is 3. The van der Waals surface area contributed by atoms with E-state index in [-0.39, 0.29) is 0 Å². The molecule has 0 saturated carbocycles. The SMILES string of the molecule is c1ccc(-c2ccc(-c3cccc(-c4cccc(-c5cccc(-n6c7ccccc7c7ncccc76)n5)n4)n3)cc2)cc1. The highest BCUT2D eigenvalue weighted by Gasteiger charge is 2.14. The minimum Gasteiger partial charge on any atom is -0.292 e. The van der Waals surface area contributed by atoms with Crippen LogP contribution in [0.2, 0.25) is 0 Å². The highest BCUT2D eigenvalue weighted by molar-refractivity contribution is 6.06. The summed E-state index contributed by atoms with van der Waals surface area (Å²) in [5.41, 5.74) is 10.6. The highest BCUT2D eigenvalue weighted by atomic mass is 15.1.